The van der Waals surface area contributed by atoms with E-state index >= 15 is 0 Å². The van der Waals surface area contributed by atoms with Crippen LogP contribution in [0.5, 0.6) is 0 Å². The van der Waals surface area contributed by atoms with Crippen molar-refractivity contribution < 1.29 is 24.9 Å². The number of aliphatic hydroxyl groups is 3. The Hall–Kier alpha value is -0.910. The van der Waals surface area contributed by atoms with Gasteiger partial charge in [0, 0.05) is 6.08 Å². The topological polar surface area (TPSA) is 87.0 Å². The van der Waals surface area contributed by atoms with Crippen LogP contribution in [0.4, 0.5) is 0 Å². The lowest BCUT2D eigenvalue weighted by atomic mass is 10.5. The molecule has 1 atom stereocenters. The van der Waals surface area contributed by atoms with Crippen molar-refractivity contribution in [1.82, 2.24) is 0 Å². The molecule has 0 aliphatic rings. The second-order valence-electron chi connectivity index (χ2n) is 2.13. The van der Waals surface area contributed by atoms with Crippen LogP contribution in [0.2, 0.25) is 0 Å². The maximum atomic E-state index is 10.1. The first-order chi connectivity index (χ1) is 6.08. The Balaban J connectivity index is 0. The zero-order valence-electron chi connectivity index (χ0n) is 7.64. The minimum Gasteiger partial charge on any atom is -0.460 e. The molecule has 0 saturated heterocycles. The van der Waals surface area contributed by atoms with Crippen molar-refractivity contribution >= 4 is 5.97 Å². The summed E-state index contributed by atoms with van der Waals surface area (Å²) in [6.07, 6.45) is 0.491. The SMILES string of the molecule is C=CC(=O)OCCO.CC(O)CO. The third-order valence-corrected chi connectivity index (χ3v) is 0.766. The van der Waals surface area contributed by atoms with Crippen LogP contribution < -0.4 is 0 Å². The van der Waals surface area contributed by atoms with Crippen molar-refractivity contribution in [1.29, 1.82) is 0 Å². The Kier molecular flexibility index (Phi) is 12.5. The van der Waals surface area contributed by atoms with E-state index in [0.29, 0.717) is 0 Å². The van der Waals surface area contributed by atoms with Gasteiger partial charge >= 0.3 is 5.97 Å². The molecule has 0 heterocycles. The van der Waals surface area contributed by atoms with E-state index < -0.39 is 12.1 Å². The molecule has 13 heavy (non-hydrogen) atoms. The van der Waals surface area contributed by atoms with Gasteiger partial charge in [-0.1, -0.05) is 6.58 Å². The van der Waals surface area contributed by atoms with Crippen LogP contribution in [0.3, 0.4) is 0 Å². The summed E-state index contributed by atoms with van der Waals surface area (Å²) in [5, 5.41) is 24.1. The largest absolute Gasteiger partial charge is 0.460 e. The molecule has 0 radical (unpaired) electrons. The molecular formula is C8H16O5. The van der Waals surface area contributed by atoms with E-state index in [2.05, 4.69) is 11.3 Å². The van der Waals surface area contributed by atoms with Gasteiger partial charge in [-0.2, -0.15) is 0 Å². The van der Waals surface area contributed by atoms with E-state index in [-0.39, 0.29) is 19.8 Å². The summed E-state index contributed by atoms with van der Waals surface area (Å²) in [4.78, 5) is 10.1. The van der Waals surface area contributed by atoms with E-state index in [1.807, 2.05) is 0 Å². The number of carbonyl (C=O) groups excluding carboxylic acids is 1. The van der Waals surface area contributed by atoms with Crippen molar-refractivity contribution in [3.63, 3.8) is 0 Å². The van der Waals surface area contributed by atoms with Gasteiger partial charge in [-0.05, 0) is 6.92 Å². The fourth-order valence-corrected chi connectivity index (χ4v) is 0.205. The molecule has 0 aliphatic heterocycles. The molecule has 78 valence electrons. The summed E-state index contributed by atoms with van der Waals surface area (Å²) in [7, 11) is 0. The first-order valence-electron chi connectivity index (χ1n) is 3.77. The van der Waals surface area contributed by atoms with Crippen LogP contribution in [0.1, 0.15) is 6.92 Å². The van der Waals surface area contributed by atoms with Crippen LogP contribution in [-0.2, 0) is 9.53 Å². The predicted molar refractivity (Wildman–Crippen MR) is 47.0 cm³/mol. The van der Waals surface area contributed by atoms with E-state index in [4.69, 9.17) is 15.3 Å². The molecular weight excluding hydrogens is 176 g/mol. The third kappa shape index (κ3) is 18.2. The zero-order chi connectivity index (χ0) is 10.7. The Morgan fingerprint density at radius 2 is 2.08 bits per heavy atom. The van der Waals surface area contributed by atoms with Gasteiger partial charge in [-0.15, -0.1) is 0 Å². The predicted octanol–water partition coefficient (Wildman–Crippen LogP) is -0.933. The first-order valence-corrected chi connectivity index (χ1v) is 3.77. The Labute approximate surface area is 77.3 Å². The highest BCUT2D eigenvalue weighted by Gasteiger charge is 1.90. The zero-order valence-corrected chi connectivity index (χ0v) is 7.64. The van der Waals surface area contributed by atoms with Crippen molar-refractivity contribution in [3.8, 4) is 0 Å². The lowest BCUT2D eigenvalue weighted by Gasteiger charge is -1.94. The van der Waals surface area contributed by atoms with Gasteiger partial charge in [-0.25, -0.2) is 4.79 Å². The summed E-state index contributed by atoms with van der Waals surface area (Å²) in [5.74, 6) is -0.501. The molecule has 0 bridgehead atoms. The average molecular weight is 192 g/mol. The van der Waals surface area contributed by atoms with E-state index in [9.17, 15) is 4.79 Å². The summed E-state index contributed by atoms with van der Waals surface area (Å²) in [5.41, 5.74) is 0. The number of esters is 1. The van der Waals surface area contributed by atoms with Crippen molar-refractivity contribution in [2.24, 2.45) is 0 Å². The highest BCUT2D eigenvalue weighted by Crippen LogP contribution is 1.75. The molecule has 3 N–H and O–H groups in total. The fraction of sp³-hybridized carbons (Fsp3) is 0.625. The second kappa shape index (κ2) is 11.1. The highest BCUT2D eigenvalue weighted by atomic mass is 16.5. The van der Waals surface area contributed by atoms with Crippen LogP contribution in [0.25, 0.3) is 0 Å². The molecule has 5 nitrogen and oxygen atoms in total. The average Bonchev–Trinajstić information content (AvgIpc) is 2.15. The summed E-state index contributed by atoms with van der Waals surface area (Å²) in [6.45, 7) is 4.45. The first kappa shape index (κ1) is 14.6. The van der Waals surface area contributed by atoms with Gasteiger partial charge in [0.25, 0.3) is 0 Å². The standard InChI is InChI=1S/C5H8O3.C3H8O2/c1-2-5(7)8-4-3-6;1-3(5)2-4/h2,6H,1,3-4H2;3-5H,2H2,1H3. The van der Waals surface area contributed by atoms with Gasteiger partial charge in [0.1, 0.15) is 6.61 Å². The summed E-state index contributed by atoms with van der Waals surface area (Å²) in [6, 6.07) is 0. The number of hydrogen-bond acceptors (Lipinski definition) is 5. The molecule has 0 aromatic heterocycles. The molecule has 5 heteroatoms. The number of aliphatic hydroxyl groups excluding tert-OH is 3. The van der Waals surface area contributed by atoms with E-state index in [1.165, 1.54) is 6.92 Å². The number of ether oxygens (including phenoxy) is 1. The second-order valence-corrected chi connectivity index (χ2v) is 2.13. The van der Waals surface area contributed by atoms with Gasteiger partial charge in [0.2, 0.25) is 0 Å². The molecule has 0 aromatic carbocycles. The van der Waals surface area contributed by atoms with E-state index in [1.54, 1.807) is 0 Å². The molecule has 0 saturated carbocycles. The maximum absolute atomic E-state index is 10.1. The molecule has 1 unspecified atom stereocenters. The monoisotopic (exact) mass is 192 g/mol. The summed E-state index contributed by atoms with van der Waals surface area (Å²) >= 11 is 0. The van der Waals surface area contributed by atoms with Gasteiger partial charge in [0.05, 0.1) is 19.3 Å². The van der Waals surface area contributed by atoms with Crippen LogP contribution in [0, 0.1) is 0 Å². The Morgan fingerprint density at radius 1 is 1.62 bits per heavy atom. The van der Waals surface area contributed by atoms with Crippen LogP contribution in [0.15, 0.2) is 12.7 Å². The van der Waals surface area contributed by atoms with Crippen LogP contribution >= 0.6 is 0 Å². The van der Waals surface area contributed by atoms with Crippen LogP contribution in [-0.4, -0.2) is 47.2 Å². The maximum Gasteiger partial charge on any atom is 0.330 e. The third-order valence-electron chi connectivity index (χ3n) is 0.766. The number of carbonyl (C=O) groups is 1. The smallest absolute Gasteiger partial charge is 0.330 e. The van der Waals surface area contributed by atoms with Crippen molar-refractivity contribution in [3.05, 3.63) is 12.7 Å². The fourth-order valence-electron chi connectivity index (χ4n) is 0.205. The number of rotatable bonds is 4. The molecule has 0 fully saturated rings. The molecule has 0 amide bonds. The minimum atomic E-state index is -0.560. The molecule has 0 aromatic rings. The highest BCUT2D eigenvalue weighted by molar-refractivity contribution is 5.81. The van der Waals surface area contributed by atoms with Gasteiger partial charge < -0.3 is 20.1 Å². The van der Waals surface area contributed by atoms with Crippen molar-refractivity contribution in [2.75, 3.05) is 19.8 Å². The lowest BCUT2D eigenvalue weighted by Crippen LogP contribution is -2.04. The summed E-state index contributed by atoms with van der Waals surface area (Å²) < 4.78 is 4.33. The van der Waals surface area contributed by atoms with Crippen molar-refractivity contribution in [2.45, 2.75) is 13.0 Å². The Bertz CT molecular complexity index is 132. The number of hydrogen-bond donors (Lipinski definition) is 3. The quantitative estimate of drug-likeness (QED) is 0.395. The molecule has 0 spiro atoms. The van der Waals surface area contributed by atoms with Gasteiger partial charge in [-0.3, -0.25) is 0 Å². The lowest BCUT2D eigenvalue weighted by molar-refractivity contribution is -0.138. The van der Waals surface area contributed by atoms with Gasteiger partial charge in [0.15, 0.2) is 0 Å². The van der Waals surface area contributed by atoms with E-state index in [0.717, 1.165) is 6.08 Å². The Morgan fingerprint density at radius 3 is 2.31 bits per heavy atom. The molecule has 0 rings (SSSR count). The molecule has 0 aliphatic carbocycles. The normalized spacial score (nSPS) is 10.8. The minimum absolute atomic E-state index is 0.0465.